The summed E-state index contributed by atoms with van der Waals surface area (Å²) in [6.45, 7) is 0. The van der Waals surface area contributed by atoms with Gasteiger partial charge in [-0.1, -0.05) is 0 Å². The molecular weight excluding hydrogens is 455 g/mol. The van der Waals surface area contributed by atoms with Crippen molar-refractivity contribution in [2.45, 2.75) is 6.42 Å². The SMILES string of the molecule is O=C(Cc1csc2nc(-c3ccc(F)cc3)cn12)NNC(=S)Nc1ccc([N+](=O)[O-])cc1. The summed E-state index contributed by atoms with van der Waals surface area (Å²) in [5.74, 6) is -0.643. The summed E-state index contributed by atoms with van der Waals surface area (Å²) in [5, 5.41) is 15.5. The number of nitro groups is 1. The molecule has 2 aromatic carbocycles. The highest BCUT2D eigenvalue weighted by Crippen LogP contribution is 2.24. The number of hydrogen-bond acceptors (Lipinski definition) is 6. The number of anilines is 1. The van der Waals surface area contributed by atoms with Gasteiger partial charge in [-0.05, 0) is 48.6 Å². The number of thiocarbonyl (C=S) groups is 1. The van der Waals surface area contributed by atoms with Crippen molar-refractivity contribution in [2.75, 3.05) is 5.32 Å². The maximum atomic E-state index is 13.1. The van der Waals surface area contributed by atoms with E-state index >= 15 is 0 Å². The molecule has 0 fully saturated rings. The first-order chi connectivity index (χ1) is 15.4. The fourth-order valence-electron chi connectivity index (χ4n) is 2.88. The van der Waals surface area contributed by atoms with E-state index < -0.39 is 4.92 Å². The summed E-state index contributed by atoms with van der Waals surface area (Å²) in [4.78, 5) is 27.8. The lowest BCUT2D eigenvalue weighted by atomic mass is 10.2. The molecule has 3 N–H and O–H groups in total. The van der Waals surface area contributed by atoms with Crippen molar-refractivity contribution in [3.8, 4) is 11.3 Å². The molecule has 9 nitrogen and oxygen atoms in total. The van der Waals surface area contributed by atoms with Crippen LogP contribution in [0.25, 0.3) is 16.2 Å². The first kappa shape index (κ1) is 21.3. The molecule has 0 aliphatic heterocycles. The Kier molecular flexibility index (Phi) is 6.05. The highest BCUT2D eigenvalue weighted by Gasteiger charge is 2.13. The number of benzene rings is 2. The van der Waals surface area contributed by atoms with Gasteiger partial charge in [-0.3, -0.25) is 30.2 Å². The predicted molar refractivity (Wildman–Crippen MR) is 123 cm³/mol. The van der Waals surface area contributed by atoms with Gasteiger partial charge in [0.2, 0.25) is 5.91 Å². The molecule has 4 aromatic rings. The Hall–Kier alpha value is -3.90. The van der Waals surface area contributed by atoms with Crippen LogP contribution < -0.4 is 16.2 Å². The number of amides is 1. The van der Waals surface area contributed by atoms with Gasteiger partial charge in [-0.15, -0.1) is 11.3 Å². The standard InChI is InChI=1S/C20H15FN6O3S2/c21-13-3-1-12(2-4-13)17-10-26-16(11-32-20(26)23-17)9-18(28)24-25-19(31)22-14-5-7-15(8-6-14)27(29)30/h1-8,10-11H,9H2,(H,24,28)(H2,22,25,31). The van der Waals surface area contributed by atoms with Crippen LogP contribution in [0.1, 0.15) is 5.69 Å². The van der Waals surface area contributed by atoms with Crippen LogP contribution in [0.3, 0.4) is 0 Å². The van der Waals surface area contributed by atoms with Crippen molar-refractivity contribution < 1.29 is 14.1 Å². The van der Waals surface area contributed by atoms with E-state index in [1.165, 1.54) is 47.7 Å². The second kappa shape index (κ2) is 9.08. The number of rotatable bonds is 5. The van der Waals surface area contributed by atoms with Gasteiger partial charge in [0.1, 0.15) is 5.82 Å². The van der Waals surface area contributed by atoms with Gasteiger partial charge in [0.05, 0.1) is 17.0 Å². The summed E-state index contributed by atoms with van der Waals surface area (Å²) in [5.41, 5.74) is 7.80. The topological polar surface area (TPSA) is 114 Å². The average molecular weight is 471 g/mol. The number of hydrogen-bond donors (Lipinski definition) is 3. The minimum atomic E-state index is -0.495. The maximum Gasteiger partial charge on any atom is 0.269 e. The Morgan fingerprint density at radius 2 is 1.88 bits per heavy atom. The van der Waals surface area contributed by atoms with Crippen molar-refractivity contribution in [1.29, 1.82) is 0 Å². The van der Waals surface area contributed by atoms with Gasteiger partial charge >= 0.3 is 0 Å². The monoisotopic (exact) mass is 470 g/mol. The van der Waals surface area contributed by atoms with E-state index in [4.69, 9.17) is 12.2 Å². The molecule has 0 atom stereocenters. The fourth-order valence-corrected chi connectivity index (χ4v) is 3.92. The Morgan fingerprint density at radius 1 is 1.16 bits per heavy atom. The van der Waals surface area contributed by atoms with Crippen LogP contribution >= 0.6 is 23.6 Å². The van der Waals surface area contributed by atoms with Crippen LogP contribution in [-0.2, 0) is 11.2 Å². The summed E-state index contributed by atoms with van der Waals surface area (Å²) in [7, 11) is 0. The molecule has 0 spiro atoms. The molecular formula is C20H15FN6O3S2. The van der Waals surface area contributed by atoms with Crippen LogP contribution in [-0.4, -0.2) is 25.3 Å². The first-order valence-corrected chi connectivity index (χ1v) is 10.5. The van der Waals surface area contributed by atoms with Gasteiger partial charge in [0.25, 0.3) is 5.69 Å². The molecule has 1 amide bonds. The Labute approximate surface area is 190 Å². The number of non-ortho nitro benzene ring substituents is 1. The van der Waals surface area contributed by atoms with Gasteiger partial charge in [-0.25, -0.2) is 9.37 Å². The Morgan fingerprint density at radius 3 is 2.56 bits per heavy atom. The van der Waals surface area contributed by atoms with Crippen molar-refractivity contribution in [1.82, 2.24) is 20.2 Å². The van der Waals surface area contributed by atoms with Crippen molar-refractivity contribution in [3.05, 3.63) is 81.7 Å². The number of carbonyl (C=O) groups is 1. The number of nitro benzene ring substituents is 1. The number of nitrogens with one attached hydrogen (secondary N) is 3. The van der Waals surface area contributed by atoms with E-state index in [2.05, 4.69) is 21.2 Å². The van der Waals surface area contributed by atoms with Gasteiger partial charge < -0.3 is 5.32 Å². The largest absolute Gasteiger partial charge is 0.331 e. The van der Waals surface area contributed by atoms with Crippen LogP contribution in [0.2, 0.25) is 0 Å². The summed E-state index contributed by atoms with van der Waals surface area (Å²) >= 11 is 6.51. The predicted octanol–water partition coefficient (Wildman–Crippen LogP) is 3.67. The van der Waals surface area contributed by atoms with Crippen molar-refractivity contribution in [3.63, 3.8) is 0 Å². The maximum absolute atomic E-state index is 13.1. The van der Waals surface area contributed by atoms with E-state index in [0.717, 1.165) is 16.2 Å². The second-order valence-electron chi connectivity index (χ2n) is 6.62. The number of imidazole rings is 1. The zero-order valence-electron chi connectivity index (χ0n) is 16.2. The number of nitrogens with zero attached hydrogens (tertiary/aromatic N) is 3. The number of hydrazine groups is 1. The van der Waals surface area contributed by atoms with Crippen LogP contribution in [0.5, 0.6) is 0 Å². The highest BCUT2D eigenvalue weighted by atomic mass is 32.1. The minimum absolute atomic E-state index is 0.0353. The average Bonchev–Trinajstić information content (AvgIpc) is 3.35. The van der Waals surface area contributed by atoms with Crippen LogP contribution in [0.15, 0.2) is 60.1 Å². The number of fused-ring (bicyclic) bond motifs is 1. The molecule has 0 aliphatic carbocycles. The number of halogens is 1. The summed E-state index contributed by atoms with van der Waals surface area (Å²) in [6.07, 6.45) is 1.88. The lowest BCUT2D eigenvalue weighted by Crippen LogP contribution is -2.44. The molecule has 2 aromatic heterocycles. The molecule has 2 heterocycles. The number of carbonyl (C=O) groups excluding carboxylic acids is 1. The smallest absolute Gasteiger partial charge is 0.269 e. The molecule has 0 aliphatic rings. The quantitative estimate of drug-likeness (QED) is 0.232. The Balaban J connectivity index is 1.34. The van der Waals surface area contributed by atoms with Gasteiger partial charge in [0, 0.05) is 40.7 Å². The molecule has 32 heavy (non-hydrogen) atoms. The fraction of sp³-hybridized carbons (Fsp3) is 0.0500. The summed E-state index contributed by atoms with van der Waals surface area (Å²) in [6, 6.07) is 11.7. The second-order valence-corrected chi connectivity index (χ2v) is 7.87. The minimum Gasteiger partial charge on any atom is -0.331 e. The normalized spacial score (nSPS) is 10.7. The van der Waals surface area contributed by atoms with E-state index in [9.17, 15) is 19.3 Å². The lowest BCUT2D eigenvalue weighted by Gasteiger charge is -2.11. The van der Waals surface area contributed by atoms with Gasteiger partial charge in [-0.2, -0.15) is 0 Å². The van der Waals surface area contributed by atoms with Crippen molar-refractivity contribution in [2.24, 2.45) is 0 Å². The van der Waals surface area contributed by atoms with E-state index in [0.29, 0.717) is 11.4 Å². The zero-order valence-corrected chi connectivity index (χ0v) is 17.9. The summed E-state index contributed by atoms with van der Waals surface area (Å²) < 4.78 is 15.0. The molecule has 4 rings (SSSR count). The third-order valence-electron chi connectivity index (χ3n) is 4.42. The molecule has 12 heteroatoms. The van der Waals surface area contributed by atoms with E-state index in [-0.39, 0.29) is 28.9 Å². The molecule has 0 saturated carbocycles. The zero-order chi connectivity index (χ0) is 22.7. The molecule has 0 saturated heterocycles. The third kappa shape index (κ3) is 4.87. The number of aromatic nitrogens is 2. The molecule has 0 bridgehead atoms. The number of thiazole rings is 1. The van der Waals surface area contributed by atoms with Crippen LogP contribution in [0, 0.1) is 15.9 Å². The van der Waals surface area contributed by atoms with Crippen LogP contribution in [0.4, 0.5) is 15.8 Å². The first-order valence-electron chi connectivity index (χ1n) is 9.21. The van der Waals surface area contributed by atoms with E-state index in [1.54, 1.807) is 18.3 Å². The Bertz CT molecular complexity index is 1300. The molecule has 0 unspecified atom stereocenters. The van der Waals surface area contributed by atoms with Gasteiger partial charge in [0.15, 0.2) is 10.1 Å². The molecule has 0 radical (unpaired) electrons. The van der Waals surface area contributed by atoms with E-state index in [1.807, 2.05) is 9.78 Å². The highest BCUT2D eigenvalue weighted by molar-refractivity contribution is 7.80. The van der Waals surface area contributed by atoms with Crippen molar-refractivity contribution >= 4 is 50.9 Å². The third-order valence-corrected chi connectivity index (χ3v) is 5.51. The molecule has 162 valence electrons. The lowest BCUT2D eigenvalue weighted by molar-refractivity contribution is -0.384.